The second kappa shape index (κ2) is 6.55. The van der Waals surface area contributed by atoms with Crippen LogP contribution in [0.15, 0.2) is 24.3 Å². The molecule has 1 aromatic rings. The molecular weight excluding hydrogens is 188 g/mol. The fourth-order valence-corrected chi connectivity index (χ4v) is 0.747. The summed E-state index contributed by atoms with van der Waals surface area (Å²) in [5, 5.41) is 19.6. The van der Waals surface area contributed by atoms with E-state index < -0.39 is 4.92 Å². The van der Waals surface area contributed by atoms with Gasteiger partial charge in [0.25, 0.3) is 5.69 Å². The van der Waals surface area contributed by atoms with Crippen molar-refractivity contribution in [3.8, 4) is 0 Å². The van der Waals surface area contributed by atoms with Gasteiger partial charge >= 0.3 is 0 Å². The predicted octanol–water partition coefficient (Wildman–Crippen LogP) is 0.772. The molecule has 0 saturated carbocycles. The molecule has 1 aromatic carbocycles. The van der Waals surface area contributed by atoms with Crippen molar-refractivity contribution in [1.82, 2.24) is 0 Å². The molecule has 0 atom stereocenters. The summed E-state index contributed by atoms with van der Waals surface area (Å²) < 4.78 is 0. The van der Waals surface area contributed by atoms with Gasteiger partial charge in [-0.05, 0) is 12.1 Å². The van der Waals surface area contributed by atoms with E-state index in [1.165, 1.54) is 24.3 Å². The van der Waals surface area contributed by atoms with E-state index in [1.807, 2.05) is 0 Å². The molecule has 0 radical (unpaired) electrons. The fourth-order valence-electron chi connectivity index (χ4n) is 0.747. The van der Waals surface area contributed by atoms with Crippen molar-refractivity contribution in [1.29, 1.82) is 0 Å². The monoisotopic (exact) mass is 198 g/mol. The molecule has 0 fully saturated rings. The van der Waals surface area contributed by atoms with Gasteiger partial charge in [0.2, 0.25) is 6.41 Å². The second-order valence-corrected chi connectivity index (χ2v) is 2.07. The fraction of sp³-hybridized carbons (Fsp3) is 0.125. The van der Waals surface area contributed by atoms with Crippen molar-refractivity contribution >= 4 is 17.8 Å². The number of aliphatic hydroxyl groups is 1. The van der Waals surface area contributed by atoms with Gasteiger partial charge < -0.3 is 10.4 Å². The standard InChI is InChI=1S/C7H6N2O3.CH4O/c10-5-8-6-1-3-7(4-2-6)9(11)12;1-2/h1-5H,(H,8,10);2H,1H3. The van der Waals surface area contributed by atoms with Crippen LogP contribution < -0.4 is 5.32 Å². The molecule has 0 heterocycles. The van der Waals surface area contributed by atoms with Crippen LogP contribution in [-0.2, 0) is 4.79 Å². The highest BCUT2D eigenvalue weighted by atomic mass is 16.6. The first-order valence-corrected chi connectivity index (χ1v) is 3.63. The molecule has 14 heavy (non-hydrogen) atoms. The number of carbonyl (C=O) groups is 1. The molecule has 6 nitrogen and oxygen atoms in total. The molecule has 0 unspecified atom stereocenters. The molecule has 0 bridgehead atoms. The molecule has 0 aliphatic heterocycles. The first-order valence-electron chi connectivity index (χ1n) is 3.63. The predicted molar refractivity (Wildman–Crippen MR) is 50.9 cm³/mol. The Balaban J connectivity index is 0.000000791. The van der Waals surface area contributed by atoms with Gasteiger partial charge in [-0.15, -0.1) is 0 Å². The van der Waals surface area contributed by atoms with Gasteiger partial charge in [-0.2, -0.15) is 0 Å². The zero-order valence-corrected chi connectivity index (χ0v) is 7.51. The summed E-state index contributed by atoms with van der Waals surface area (Å²) in [6.45, 7) is 0. The number of rotatable bonds is 3. The lowest BCUT2D eigenvalue weighted by molar-refractivity contribution is -0.384. The number of non-ortho nitro benzene ring substituents is 1. The minimum atomic E-state index is -0.495. The summed E-state index contributed by atoms with van der Waals surface area (Å²) in [5.74, 6) is 0. The molecule has 2 N–H and O–H groups in total. The number of nitro groups is 1. The Hall–Kier alpha value is -1.95. The lowest BCUT2D eigenvalue weighted by Crippen LogP contribution is -1.93. The first kappa shape index (κ1) is 12.0. The van der Waals surface area contributed by atoms with Gasteiger partial charge in [0.1, 0.15) is 0 Å². The highest BCUT2D eigenvalue weighted by molar-refractivity contribution is 5.71. The Morgan fingerprint density at radius 1 is 1.36 bits per heavy atom. The maximum atomic E-state index is 10.2. The third-order valence-corrected chi connectivity index (χ3v) is 1.30. The van der Waals surface area contributed by atoms with Crippen LogP contribution in [0.5, 0.6) is 0 Å². The third kappa shape index (κ3) is 3.63. The number of nitrogens with zero attached hydrogens (tertiary/aromatic N) is 1. The van der Waals surface area contributed by atoms with E-state index in [9.17, 15) is 14.9 Å². The minimum absolute atomic E-state index is 0.00597. The van der Waals surface area contributed by atoms with Gasteiger partial charge in [-0.25, -0.2) is 0 Å². The van der Waals surface area contributed by atoms with E-state index in [1.54, 1.807) is 0 Å². The molecule has 0 aliphatic carbocycles. The number of benzene rings is 1. The zero-order chi connectivity index (χ0) is 11.0. The lowest BCUT2D eigenvalue weighted by atomic mass is 10.3. The maximum Gasteiger partial charge on any atom is 0.269 e. The molecule has 0 spiro atoms. The molecule has 6 heteroatoms. The largest absolute Gasteiger partial charge is 0.400 e. The van der Waals surface area contributed by atoms with Crippen molar-refractivity contribution in [3.05, 3.63) is 34.4 Å². The topological polar surface area (TPSA) is 92.5 Å². The summed E-state index contributed by atoms with van der Waals surface area (Å²) in [7, 11) is 1.00. The Morgan fingerprint density at radius 2 is 1.86 bits per heavy atom. The summed E-state index contributed by atoms with van der Waals surface area (Å²) in [6, 6.07) is 5.58. The van der Waals surface area contributed by atoms with Crippen molar-refractivity contribution in [2.24, 2.45) is 0 Å². The summed E-state index contributed by atoms with van der Waals surface area (Å²) >= 11 is 0. The van der Waals surface area contributed by atoms with Crippen LogP contribution in [0.4, 0.5) is 11.4 Å². The van der Waals surface area contributed by atoms with Crippen molar-refractivity contribution < 1.29 is 14.8 Å². The average molecular weight is 198 g/mol. The Bertz CT molecular complexity index is 297. The number of carbonyl (C=O) groups excluding carboxylic acids is 1. The first-order chi connectivity index (χ1) is 6.74. The van der Waals surface area contributed by atoms with Crippen LogP contribution in [0, 0.1) is 10.1 Å². The van der Waals surface area contributed by atoms with E-state index in [-0.39, 0.29) is 5.69 Å². The number of nitro benzene ring substituents is 1. The number of amides is 1. The van der Waals surface area contributed by atoms with Crippen LogP contribution in [0.25, 0.3) is 0 Å². The van der Waals surface area contributed by atoms with Gasteiger partial charge in [-0.3, -0.25) is 14.9 Å². The van der Waals surface area contributed by atoms with E-state index in [0.717, 1.165) is 7.11 Å². The van der Waals surface area contributed by atoms with Crippen LogP contribution >= 0.6 is 0 Å². The van der Waals surface area contributed by atoms with E-state index in [2.05, 4.69) is 5.32 Å². The van der Waals surface area contributed by atoms with Crippen LogP contribution in [-0.4, -0.2) is 23.5 Å². The molecule has 0 aliphatic rings. The Labute approximate surface area is 80.3 Å². The SMILES string of the molecule is CO.O=CNc1ccc([N+](=O)[O-])cc1. The molecule has 1 rings (SSSR count). The minimum Gasteiger partial charge on any atom is -0.400 e. The smallest absolute Gasteiger partial charge is 0.269 e. The molecule has 0 saturated heterocycles. The number of nitrogens with one attached hydrogen (secondary N) is 1. The van der Waals surface area contributed by atoms with Crippen molar-refractivity contribution in [2.45, 2.75) is 0 Å². The van der Waals surface area contributed by atoms with Gasteiger partial charge in [0, 0.05) is 24.9 Å². The Kier molecular flexibility index (Phi) is 5.64. The molecule has 76 valence electrons. The molecule has 0 aromatic heterocycles. The van der Waals surface area contributed by atoms with Crippen LogP contribution in [0.3, 0.4) is 0 Å². The number of aliphatic hydroxyl groups excluding tert-OH is 1. The maximum absolute atomic E-state index is 10.2. The van der Waals surface area contributed by atoms with Gasteiger partial charge in [0.15, 0.2) is 0 Å². The van der Waals surface area contributed by atoms with E-state index in [4.69, 9.17) is 5.11 Å². The number of hydrogen-bond donors (Lipinski definition) is 2. The van der Waals surface area contributed by atoms with E-state index >= 15 is 0 Å². The number of anilines is 1. The Morgan fingerprint density at radius 3 is 2.21 bits per heavy atom. The second-order valence-electron chi connectivity index (χ2n) is 2.07. The normalized spacial score (nSPS) is 8.14. The molecule has 1 amide bonds. The quantitative estimate of drug-likeness (QED) is 0.426. The summed E-state index contributed by atoms with van der Waals surface area (Å²) in [4.78, 5) is 19.6. The van der Waals surface area contributed by atoms with Crippen LogP contribution in [0.1, 0.15) is 0 Å². The summed E-state index contributed by atoms with van der Waals surface area (Å²) in [5.41, 5.74) is 0.544. The highest BCUT2D eigenvalue weighted by Gasteiger charge is 2.02. The average Bonchev–Trinajstić information content (AvgIpc) is 2.22. The number of hydrogen-bond acceptors (Lipinski definition) is 4. The third-order valence-electron chi connectivity index (χ3n) is 1.30. The van der Waals surface area contributed by atoms with E-state index in [0.29, 0.717) is 12.1 Å². The summed E-state index contributed by atoms with van der Waals surface area (Å²) in [6.07, 6.45) is 0.515. The molecular formula is C8H10N2O4. The zero-order valence-electron chi connectivity index (χ0n) is 7.51. The van der Waals surface area contributed by atoms with Crippen LogP contribution in [0.2, 0.25) is 0 Å². The van der Waals surface area contributed by atoms with Crippen molar-refractivity contribution in [3.63, 3.8) is 0 Å². The lowest BCUT2D eigenvalue weighted by Gasteiger charge is -1.95. The van der Waals surface area contributed by atoms with Gasteiger partial charge in [-0.1, -0.05) is 0 Å². The van der Waals surface area contributed by atoms with Gasteiger partial charge in [0.05, 0.1) is 4.92 Å². The highest BCUT2D eigenvalue weighted by Crippen LogP contribution is 2.14. The van der Waals surface area contributed by atoms with Crippen molar-refractivity contribution in [2.75, 3.05) is 12.4 Å².